The Bertz CT molecular complexity index is 613. The number of rotatable bonds is 5. The summed E-state index contributed by atoms with van der Waals surface area (Å²) in [5.41, 5.74) is 1.55. The zero-order valence-electron chi connectivity index (χ0n) is 13.5. The predicted molar refractivity (Wildman–Crippen MR) is 86.6 cm³/mol. The first-order valence-corrected chi connectivity index (χ1v) is 9.15. The Morgan fingerprint density at radius 3 is 2.38 bits per heavy atom. The highest BCUT2D eigenvalue weighted by atomic mass is 32.2. The van der Waals surface area contributed by atoms with Gasteiger partial charge >= 0.3 is 0 Å². The largest absolute Gasteiger partial charge is 0.493 e. The molecular formula is C16H25NO3S. The van der Waals surface area contributed by atoms with Crippen molar-refractivity contribution >= 4 is 15.7 Å². The van der Waals surface area contributed by atoms with Crippen LogP contribution in [-0.4, -0.2) is 28.3 Å². The maximum Gasteiger partial charge on any atom is 0.232 e. The molecule has 0 bridgehead atoms. The van der Waals surface area contributed by atoms with Crippen LogP contribution in [0.25, 0.3) is 0 Å². The fourth-order valence-electron chi connectivity index (χ4n) is 2.17. The van der Waals surface area contributed by atoms with Gasteiger partial charge in [0.25, 0.3) is 0 Å². The summed E-state index contributed by atoms with van der Waals surface area (Å²) < 4.78 is 30.9. The van der Waals surface area contributed by atoms with Gasteiger partial charge in [-0.05, 0) is 35.8 Å². The number of benzene rings is 1. The minimum atomic E-state index is -3.30. The average molecular weight is 311 g/mol. The second kappa shape index (κ2) is 5.52. The minimum absolute atomic E-state index is 0.136. The van der Waals surface area contributed by atoms with Crippen LogP contribution in [0.15, 0.2) is 18.2 Å². The predicted octanol–water partition coefficient (Wildman–Crippen LogP) is 3.17. The number of nitrogens with zero attached hydrogens (tertiary/aromatic N) is 1. The summed E-state index contributed by atoms with van der Waals surface area (Å²) in [6, 6.07) is 5.74. The maximum atomic E-state index is 11.9. The van der Waals surface area contributed by atoms with Crippen molar-refractivity contribution in [2.45, 2.75) is 39.0 Å². The van der Waals surface area contributed by atoms with Crippen LogP contribution in [-0.2, 0) is 15.4 Å². The molecule has 5 heteroatoms. The summed E-state index contributed by atoms with van der Waals surface area (Å²) in [5, 5.41) is 0. The Labute approximate surface area is 128 Å². The molecule has 0 amide bonds. The molecule has 1 aliphatic carbocycles. The summed E-state index contributed by atoms with van der Waals surface area (Å²) in [6.07, 6.45) is 3.68. The van der Waals surface area contributed by atoms with Gasteiger partial charge in [-0.3, -0.25) is 4.31 Å². The first-order chi connectivity index (χ1) is 9.59. The van der Waals surface area contributed by atoms with Crippen molar-refractivity contribution in [1.29, 1.82) is 0 Å². The summed E-state index contributed by atoms with van der Waals surface area (Å²) >= 11 is 0. The molecule has 118 valence electrons. The van der Waals surface area contributed by atoms with Crippen LogP contribution >= 0.6 is 0 Å². The van der Waals surface area contributed by atoms with Crippen molar-refractivity contribution in [3.05, 3.63) is 23.8 Å². The smallest absolute Gasteiger partial charge is 0.232 e. The van der Waals surface area contributed by atoms with Gasteiger partial charge in [0.15, 0.2) is 0 Å². The zero-order valence-corrected chi connectivity index (χ0v) is 14.3. The van der Waals surface area contributed by atoms with Crippen LogP contribution in [0, 0.1) is 5.92 Å². The van der Waals surface area contributed by atoms with Crippen molar-refractivity contribution in [3.8, 4) is 5.75 Å². The third-order valence-electron chi connectivity index (χ3n) is 3.80. The van der Waals surface area contributed by atoms with E-state index in [1.807, 2.05) is 18.2 Å². The molecule has 0 atom stereocenters. The van der Waals surface area contributed by atoms with E-state index < -0.39 is 10.0 Å². The second-order valence-electron chi connectivity index (χ2n) is 6.91. The number of anilines is 1. The van der Waals surface area contributed by atoms with Crippen LogP contribution in [0.2, 0.25) is 0 Å². The lowest BCUT2D eigenvalue weighted by molar-refractivity contribution is 0.299. The molecule has 0 aliphatic heterocycles. The number of hydrogen-bond donors (Lipinski definition) is 0. The molecule has 0 N–H and O–H groups in total. The normalized spacial score (nSPS) is 15.9. The van der Waals surface area contributed by atoms with Crippen LogP contribution < -0.4 is 9.04 Å². The van der Waals surface area contributed by atoms with Gasteiger partial charge in [0.1, 0.15) is 5.75 Å². The molecule has 0 unspecified atom stereocenters. The lowest BCUT2D eigenvalue weighted by atomic mass is 9.85. The van der Waals surface area contributed by atoms with Crippen LogP contribution in [0.4, 0.5) is 5.69 Å². The Hall–Kier alpha value is -1.23. The lowest BCUT2D eigenvalue weighted by Crippen LogP contribution is -2.28. The van der Waals surface area contributed by atoms with Crippen LogP contribution in [0.3, 0.4) is 0 Å². The molecule has 1 aliphatic rings. The Morgan fingerprint density at radius 1 is 1.29 bits per heavy atom. The molecule has 0 saturated heterocycles. The molecule has 0 aromatic heterocycles. The van der Waals surface area contributed by atoms with Gasteiger partial charge < -0.3 is 4.74 Å². The molecule has 1 saturated carbocycles. The van der Waals surface area contributed by atoms with E-state index in [4.69, 9.17) is 4.74 Å². The fraction of sp³-hybridized carbons (Fsp3) is 0.625. The Kier molecular flexibility index (Phi) is 4.24. The first-order valence-electron chi connectivity index (χ1n) is 7.30. The first kappa shape index (κ1) is 16.1. The summed E-state index contributed by atoms with van der Waals surface area (Å²) in [7, 11) is -1.71. The number of sulfonamides is 1. The van der Waals surface area contributed by atoms with Crippen LogP contribution in [0.1, 0.15) is 39.2 Å². The molecule has 21 heavy (non-hydrogen) atoms. The molecule has 0 radical (unpaired) electrons. The molecule has 1 aromatic rings. The average Bonchev–Trinajstić information content (AvgIpc) is 3.16. The monoisotopic (exact) mass is 311 g/mol. The van der Waals surface area contributed by atoms with E-state index in [1.165, 1.54) is 23.4 Å². The standard InChI is InChI=1S/C16H25NO3S/c1-16(2,3)14-9-8-13(20-11-12-6-7-12)10-15(14)17(4)21(5,18)19/h8-10,12H,6-7,11H2,1-5H3. The van der Waals surface area contributed by atoms with Gasteiger partial charge in [0.05, 0.1) is 18.6 Å². The molecule has 1 aromatic carbocycles. The molecule has 1 fully saturated rings. The molecule has 0 spiro atoms. The second-order valence-corrected chi connectivity index (χ2v) is 8.93. The topological polar surface area (TPSA) is 46.6 Å². The van der Waals surface area contributed by atoms with E-state index in [1.54, 1.807) is 7.05 Å². The lowest BCUT2D eigenvalue weighted by Gasteiger charge is -2.28. The fourth-order valence-corrected chi connectivity index (χ4v) is 2.68. The SMILES string of the molecule is CN(c1cc(OCC2CC2)ccc1C(C)(C)C)S(C)(=O)=O. The van der Waals surface area contributed by atoms with Gasteiger partial charge in [-0.1, -0.05) is 26.8 Å². The van der Waals surface area contributed by atoms with E-state index in [2.05, 4.69) is 20.8 Å². The molecule has 4 nitrogen and oxygen atoms in total. The van der Waals surface area contributed by atoms with Crippen molar-refractivity contribution in [3.63, 3.8) is 0 Å². The quantitative estimate of drug-likeness (QED) is 0.839. The van der Waals surface area contributed by atoms with E-state index in [0.29, 0.717) is 11.6 Å². The van der Waals surface area contributed by atoms with Crippen molar-refractivity contribution in [2.75, 3.05) is 24.2 Å². The van der Waals surface area contributed by atoms with Crippen LogP contribution in [0.5, 0.6) is 5.75 Å². The highest BCUT2D eigenvalue weighted by Gasteiger charge is 2.25. The Morgan fingerprint density at radius 2 is 1.90 bits per heavy atom. The zero-order chi connectivity index (χ0) is 15.8. The number of ether oxygens (including phenoxy) is 1. The van der Waals surface area contributed by atoms with Crippen molar-refractivity contribution < 1.29 is 13.2 Å². The summed E-state index contributed by atoms with van der Waals surface area (Å²) in [5.74, 6) is 1.41. The van der Waals surface area contributed by atoms with Gasteiger partial charge in [0.2, 0.25) is 10.0 Å². The van der Waals surface area contributed by atoms with E-state index in [9.17, 15) is 8.42 Å². The van der Waals surface area contributed by atoms with E-state index in [0.717, 1.165) is 17.9 Å². The molecule has 0 heterocycles. The van der Waals surface area contributed by atoms with E-state index in [-0.39, 0.29) is 5.41 Å². The van der Waals surface area contributed by atoms with Crippen molar-refractivity contribution in [1.82, 2.24) is 0 Å². The third kappa shape index (κ3) is 4.13. The van der Waals surface area contributed by atoms with Gasteiger partial charge in [-0.2, -0.15) is 0 Å². The van der Waals surface area contributed by atoms with Gasteiger partial charge in [0, 0.05) is 13.1 Å². The molecular weight excluding hydrogens is 286 g/mol. The summed E-state index contributed by atoms with van der Waals surface area (Å²) in [4.78, 5) is 0. The highest BCUT2D eigenvalue weighted by molar-refractivity contribution is 7.92. The molecule has 2 rings (SSSR count). The van der Waals surface area contributed by atoms with Gasteiger partial charge in [-0.15, -0.1) is 0 Å². The minimum Gasteiger partial charge on any atom is -0.493 e. The van der Waals surface area contributed by atoms with Gasteiger partial charge in [-0.25, -0.2) is 8.42 Å². The number of hydrogen-bond acceptors (Lipinski definition) is 3. The third-order valence-corrected chi connectivity index (χ3v) is 4.99. The van der Waals surface area contributed by atoms with E-state index >= 15 is 0 Å². The Balaban J connectivity index is 2.37. The highest BCUT2D eigenvalue weighted by Crippen LogP contribution is 2.36. The summed E-state index contributed by atoms with van der Waals surface area (Å²) in [6.45, 7) is 6.95. The van der Waals surface area contributed by atoms with Crippen molar-refractivity contribution in [2.24, 2.45) is 5.92 Å². The maximum absolute atomic E-state index is 11.9.